The van der Waals surface area contributed by atoms with Crippen LogP contribution in [0.2, 0.25) is 5.02 Å². The molecule has 0 amide bonds. The average Bonchev–Trinajstić information content (AvgIpc) is 1.83. The summed E-state index contributed by atoms with van der Waals surface area (Å²) < 4.78 is 0.851. The largest absolute Gasteiger partial charge is 0.263 e. The highest BCUT2D eigenvalue weighted by molar-refractivity contribution is 9.10. The van der Waals surface area contributed by atoms with E-state index in [2.05, 4.69) is 20.9 Å². The van der Waals surface area contributed by atoms with Gasteiger partial charge in [-0.2, -0.15) is 0 Å². The Morgan fingerprint density at radius 1 is 1.56 bits per heavy atom. The molecule has 0 saturated carbocycles. The first-order valence-corrected chi connectivity index (χ1v) is 3.64. The van der Waals surface area contributed by atoms with Crippen molar-refractivity contribution in [1.29, 1.82) is 0 Å². The van der Waals surface area contributed by atoms with Crippen molar-refractivity contribution in [2.45, 2.75) is 6.92 Å². The van der Waals surface area contributed by atoms with Gasteiger partial charge in [0, 0.05) is 12.4 Å². The van der Waals surface area contributed by atoms with E-state index in [1.54, 1.807) is 12.4 Å². The molecule has 0 atom stereocenters. The standard InChI is InChI=1S/C6H5BrClN/c1-4-2-9-3-5(7)6(4)8/h2-3H,1H3. The first-order valence-electron chi connectivity index (χ1n) is 2.47. The van der Waals surface area contributed by atoms with Gasteiger partial charge in [0.15, 0.2) is 0 Å². The molecule has 0 saturated heterocycles. The number of hydrogen-bond acceptors (Lipinski definition) is 1. The molecular weight excluding hydrogens is 201 g/mol. The zero-order chi connectivity index (χ0) is 6.85. The van der Waals surface area contributed by atoms with Crippen LogP contribution in [0.25, 0.3) is 0 Å². The maximum absolute atomic E-state index is 5.79. The highest BCUT2D eigenvalue weighted by Crippen LogP contribution is 2.23. The van der Waals surface area contributed by atoms with Crippen molar-refractivity contribution in [2.75, 3.05) is 0 Å². The second-order valence-corrected chi connectivity index (χ2v) is 2.98. The molecule has 0 bridgehead atoms. The lowest BCUT2D eigenvalue weighted by Gasteiger charge is -1.95. The summed E-state index contributed by atoms with van der Waals surface area (Å²) in [7, 11) is 0. The van der Waals surface area contributed by atoms with Gasteiger partial charge in [-0.05, 0) is 28.4 Å². The summed E-state index contributed by atoms with van der Waals surface area (Å²) in [6.45, 7) is 1.92. The average molecular weight is 206 g/mol. The van der Waals surface area contributed by atoms with Gasteiger partial charge in [-0.3, -0.25) is 4.98 Å². The lowest BCUT2D eigenvalue weighted by atomic mass is 10.3. The number of hydrogen-bond donors (Lipinski definition) is 0. The molecular formula is C6H5BrClN. The Bertz CT molecular complexity index is 204. The molecule has 0 spiro atoms. The number of pyridine rings is 1. The van der Waals surface area contributed by atoms with Crippen molar-refractivity contribution in [3.63, 3.8) is 0 Å². The van der Waals surface area contributed by atoms with Gasteiger partial charge in [-0.1, -0.05) is 11.6 Å². The summed E-state index contributed by atoms with van der Waals surface area (Å²) in [4.78, 5) is 3.91. The smallest absolute Gasteiger partial charge is 0.0608 e. The maximum Gasteiger partial charge on any atom is 0.0608 e. The fourth-order valence-electron chi connectivity index (χ4n) is 0.516. The minimum absolute atomic E-state index is 0.741. The summed E-state index contributed by atoms with van der Waals surface area (Å²) in [6, 6.07) is 0. The normalized spacial score (nSPS) is 9.67. The van der Waals surface area contributed by atoms with Crippen molar-refractivity contribution in [2.24, 2.45) is 0 Å². The molecule has 1 aromatic heterocycles. The van der Waals surface area contributed by atoms with Crippen LogP contribution in [-0.2, 0) is 0 Å². The van der Waals surface area contributed by atoms with Gasteiger partial charge in [0.1, 0.15) is 0 Å². The van der Waals surface area contributed by atoms with Gasteiger partial charge < -0.3 is 0 Å². The molecule has 1 rings (SSSR count). The summed E-state index contributed by atoms with van der Waals surface area (Å²) >= 11 is 9.04. The lowest BCUT2D eigenvalue weighted by molar-refractivity contribution is 1.25. The SMILES string of the molecule is Cc1cncc(Br)c1Cl. The Balaban J connectivity index is 3.25. The van der Waals surface area contributed by atoms with Crippen molar-refractivity contribution in [3.8, 4) is 0 Å². The predicted molar refractivity (Wildman–Crippen MR) is 41.7 cm³/mol. The Hall–Kier alpha value is -0.0800. The van der Waals surface area contributed by atoms with Crippen LogP contribution < -0.4 is 0 Å². The quantitative estimate of drug-likeness (QED) is 0.636. The summed E-state index contributed by atoms with van der Waals surface area (Å²) in [6.07, 6.45) is 3.41. The molecule has 0 unspecified atom stereocenters. The van der Waals surface area contributed by atoms with Crippen LogP contribution in [0, 0.1) is 6.92 Å². The molecule has 0 aliphatic rings. The minimum atomic E-state index is 0.741. The number of nitrogens with zero attached hydrogens (tertiary/aromatic N) is 1. The van der Waals surface area contributed by atoms with E-state index in [1.807, 2.05) is 6.92 Å². The third-order valence-electron chi connectivity index (χ3n) is 1.01. The number of rotatable bonds is 0. The van der Waals surface area contributed by atoms with Crippen LogP contribution in [0.3, 0.4) is 0 Å². The van der Waals surface area contributed by atoms with E-state index in [9.17, 15) is 0 Å². The van der Waals surface area contributed by atoms with Crippen LogP contribution >= 0.6 is 27.5 Å². The highest BCUT2D eigenvalue weighted by atomic mass is 79.9. The fraction of sp³-hybridized carbons (Fsp3) is 0.167. The van der Waals surface area contributed by atoms with Crippen LogP contribution in [-0.4, -0.2) is 4.98 Å². The minimum Gasteiger partial charge on any atom is -0.263 e. The Morgan fingerprint density at radius 3 is 2.67 bits per heavy atom. The number of halogens is 2. The first kappa shape index (κ1) is 7.03. The lowest BCUT2D eigenvalue weighted by Crippen LogP contribution is -1.78. The third kappa shape index (κ3) is 1.43. The van der Waals surface area contributed by atoms with E-state index in [-0.39, 0.29) is 0 Å². The molecule has 9 heavy (non-hydrogen) atoms. The van der Waals surface area contributed by atoms with E-state index in [1.165, 1.54) is 0 Å². The second-order valence-electron chi connectivity index (χ2n) is 1.75. The molecule has 0 aromatic carbocycles. The van der Waals surface area contributed by atoms with Gasteiger partial charge >= 0.3 is 0 Å². The molecule has 0 N–H and O–H groups in total. The molecule has 1 aromatic rings. The molecule has 0 radical (unpaired) electrons. The molecule has 3 heteroatoms. The third-order valence-corrected chi connectivity index (χ3v) is 2.34. The van der Waals surface area contributed by atoms with Crippen LogP contribution in [0.5, 0.6) is 0 Å². The fourth-order valence-corrected chi connectivity index (χ4v) is 1.04. The van der Waals surface area contributed by atoms with Gasteiger partial charge in [0.25, 0.3) is 0 Å². The van der Waals surface area contributed by atoms with Gasteiger partial charge in [0.05, 0.1) is 9.50 Å². The molecule has 1 nitrogen and oxygen atoms in total. The van der Waals surface area contributed by atoms with Crippen molar-refractivity contribution >= 4 is 27.5 Å². The zero-order valence-electron chi connectivity index (χ0n) is 4.86. The summed E-state index contributed by atoms with van der Waals surface area (Å²) in [5, 5.41) is 0.741. The van der Waals surface area contributed by atoms with Crippen molar-refractivity contribution in [3.05, 3.63) is 27.5 Å². The zero-order valence-corrected chi connectivity index (χ0v) is 7.20. The summed E-state index contributed by atoms with van der Waals surface area (Å²) in [5.41, 5.74) is 0.992. The topological polar surface area (TPSA) is 12.9 Å². The molecule has 0 aliphatic heterocycles. The Morgan fingerprint density at radius 2 is 2.22 bits per heavy atom. The Kier molecular flexibility index (Phi) is 2.09. The van der Waals surface area contributed by atoms with E-state index in [0.717, 1.165) is 15.1 Å². The molecule has 0 aliphatic carbocycles. The van der Waals surface area contributed by atoms with E-state index in [0.29, 0.717) is 0 Å². The maximum atomic E-state index is 5.79. The molecule has 1 heterocycles. The number of aromatic nitrogens is 1. The van der Waals surface area contributed by atoms with Gasteiger partial charge in [-0.25, -0.2) is 0 Å². The summed E-state index contributed by atoms with van der Waals surface area (Å²) in [5.74, 6) is 0. The van der Waals surface area contributed by atoms with E-state index < -0.39 is 0 Å². The van der Waals surface area contributed by atoms with Crippen LogP contribution in [0.1, 0.15) is 5.56 Å². The monoisotopic (exact) mass is 205 g/mol. The first-order chi connectivity index (χ1) is 4.22. The van der Waals surface area contributed by atoms with E-state index in [4.69, 9.17) is 11.6 Å². The number of aryl methyl sites for hydroxylation is 1. The van der Waals surface area contributed by atoms with E-state index >= 15 is 0 Å². The highest BCUT2D eigenvalue weighted by Gasteiger charge is 1.97. The second kappa shape index (κ2) is 2.67. The van der Waals surface area contributed by atoms with Crippen LogP contribution in [0.15, 0.2) is 16.9 Å². The van der Waals surface area contributed by atoms with Crippen molar-refractivity contribution < 1.29 is 0 Å². The van der Waals surface area contributed by atoms with Gasteiger partial charge in [0.2, 0.25) is 0 Å². The Labute approximate surface area is 67.2 Å². The molecule has 48 valence electrons. The van der Waals surface area contributed by atoms with Crippen molar-refractivity contribution in [1.82, 2.24) is 4.98 Å². The van der Waals surface area contributed by atoms with Gasteiger partial charge in [-0.15, -0.1) is 0 Å². The van der Waals surface area contributed by atoms with Crippen LogP contribution in [0.4, 0.5) is 0 Å². The predicted octanol–water partition coefficient (Wildman–Crippen LogP) is 2.81. The molecule has 0 fully saturated rings.